The highest BCUT2D eigenvalue weighted by molar-refractivity contribution is 6.33. The van der Waals surface area contributed by atoms with Gasteiger partial charge >= 0.3 is 5.69 Å². The molecule has 2 aromatic carbocycles. The van der Waals surface area contributed by atoms with Crippen LogP contribution in [-0.2, 0) is 0 Å². The van der Waals surface area contributed by atoms with Gasteiger partial charge in [-0.05, 0) is 36.4 Å². The van der Waals surface area contributed by atoms with Crippen LogP contribution in [0.3, 0.4) is 0 Å². The van der Waals surface area contributed by atoms with Gasteiger partial charge in [0, 0.05) is 31.9 Å². The lowest BCUT2D eigenvalue weighted by Crippen LogP contribution is -2.47. The fraction of sp³-hybridized carbons (Fsp3) is 0.238. The molecule has 160 valence electrons. The van der Waals surface area contributed by atoms with E-state index in [0.29, 0.717) is 42.7 Å². The van der Waals surface area contributed by atoms with E-state index in [1.54, 1.807) is 31.4 Å². The predicted molar refractivity (Wildman–Crippen MR) is 121 cm³/mol. The summed E-state index contributed by atoms with van der Waals surface area (Å²) in [6.07, 6.45) is 1.33. The SMILES string of the molecule is COc1ccc(N2CCN(c3ncnc(Nc4ccccc4Cl)c3[N+](=O)[O-])CC2)cc1. The lowest BCUT2D eigenvalue weighted by atomic mass is 10.2. The van der Waals surface area contributed by atoms with Gasteiger partial charge in [-0.2, -0.15) is 0 Å². The molecule has 1 aliphatic rings. The van der Waals surface area contributed by atoms with Gasteiger partial charge in [0.15, 0.2) is 0 Å². The van der Waals surface area contributed by atoms with Gasteiger partial charge in [0.25, 0.3) is 0 Å². The molecular weight excluding hydrogens is 420 g/mol. The number of hydrogen-bond acceptors (Lipinski definition) is 8. The van der Waals surface area contributed by atoms with Crippen LogP contribution in [0.2, 0.25) is 5.02 Å². The van der Waals surface area contributed by atoms with E-state index in [2.05, 4.69) is 20.2 Å². The molecule has 0 spiro atoms. The van der Waals surface area contributed by atoms with E-state index in [1.165, 1.54) is 6.33 Å². The molecule has 10 heteroatoms. The van der Waals surface area contributed by atoms with E-state index in [-0.39, 0.29) is 11.5 Å². The first-order chi connectivity index (χ1) is 15.1. The van der Waals surface area contributed by atoms with Crippen LogP contribution in [0.4, 0.5) is 28.7 Å². The largest absolute Gasteiger partial charge is 0.497 e. The molecule has 0 radical (unpaired) electrons. The highest BCUT2D eigenvalue weighted by Crippen LogP contribution is 2.35. The van der Waals surface area contributed by atoms with Crippen molar-refractivity contribution in [1.29, 1.82) is 0 Å². The summed E-state index contributed by atoms with van der Waals surface area (Å²) in [5, 5.41) is 15.3. The van der Waals surface area contributed by atoms with Crippen LogP contribution < -0.4 is 19.9 Å². The van der Waals surface area contributed by atoms with Gasteiger partial charge in [0.05, 0.1) is 22.7 Å². The minimum atomic E-state index is -0.454. The van der Waals surface area contributed by atoms with E-state index in [9.17, 15) is 10.1 Å². The number of hydrogen-bond donors (Lipinski definition) is 1. The molecule has 1 fully saturated rings. The van der Waals surface area contributed by atoms with Crippen LogP contribution >= 0.6 is 11.6 Å². The van der Waals surface area contributed by atoms with E-state index < -0.39 is 4.92 Å². The zero-order valence-corrected chi connectivity index (χ0v) is 17.6. The molecule has 0 aliphatic carbocycles. The summed E-state index contributed by atoms with van der Waals surface area (Å²) >= 11 is 6.19. The molecule has 3 aromatic rings. The molecule has 2 heterocycles. The minimum Gasteiger partial charge on any atom is -0.497 e. The summed E-state index contributed by atoms with van der Waals surface area (Å²) in [5.74, 6) is 1.21. The van der Waals surface area contributed by atoms with Crippen molar-refractivity contribution in [3.63, 3.8) is 0 Å². The molecule has 1 aromatic heterocycles. The maximum absolute atomic E-state index is 11.9. The van der Waals surface area contributed by atoms with Crippen molar-refractivity contribution in [1.82, 2.24) is 9.97 Å². The van der Waals surface area contributed by atoms with Crippen molar-refractivity contribution in [3.8, 4) is 5.75 Å². The summed E-state index contributed by atoms with van der Waals surface area (Å²) in [6, 6.07) is 14.9. The standard InChI is InChI=1S/C21H21ClN6O3/c1-31-16-8-6-15(7-9-16)26-10-12-27(13-11-26)21-19(28(29)30)20(23-14-24-21)25-18-5-3-2-4-17(18)22/h2-9,14H,10-13H2,1H3,(H,23,24,25). The van der Waals surface area contributed by atoms with Gasteiger partial charge in [0.1, 0.15) is 12.1 Å². The van der Waals surface area contributed by atoms with Crippen LogP contribution in [0.15, 0.2) is 54.9 Å². The average molecular weight is 441 g/mol. The molecule has 0 unspecified atom stereocenters. The molecule has 4 rings (SSSR count). The Morgan fingerprint density at radius 3 is 2.35 bits per heavy atom. The van der Waals surface area contributed by atoms with E-state index in [4.69, 9.17) is 16.3 Å². The van der Waals surface area contributed by atoms with Gasteiger partial charge in [0.2, 0.25) is 11.6 Å². The summed E-state index contributed by atoms with van der Waals surface area (Å²) in [5.41, 5.74) is 1.46. The minimum absolute atomic E-state index is 0.112. The van der Waals surface area contributed by atoms with E-state index in [0.717, 1.165) is 11.4 Å². The number of anilines is 4. The van der Waals surface area contributed by atoms with Gasteiger partial charge in [-0.15, -0.1) is 0 Å². The van der Waals surface area contributed by atoms with Crippen molar-refractivity contribution in [2.75, 3.05) is 48.4 Å². The second kappa shape index (κ2) is 9.05. The normalized spacial score (nSPS) is 13.7. The topological polar surface area (TPSA) is 96.7 Å². The molecule has 31 heavy (non-hydrogen) atoms. The highest BCUT2D eigenvalue weighted by Gasteiger charge is 2.29. The van der Waals surface area contributed by atoms with Crippen molar-refractivity contribution in [3.05, 3.63) is 70.0 Å². The maximum Gasteiger partial charge on any atom is 0.353 e. The smallest absolute Gasteiger partial charge is 0.353 e. The molecule has 0 atom stereocenters. The third kappa shape index (κ3) is 4.46. The van der Waals surface area contributed by atoms with E-state index >= 15 is 0 Å². The number of para-hydroxylation sites is 1. The summed E-state index contributed by atoms with van der Waals surface area (Å²) < 4.78 is 5.21. The quantitative estimate of drug-likeness (QED) is 0.451. The van der Waals surface area contributed by atoms with Crippen LogP contribution in [0.5, 0.6) is 5.75 Å². The first-order valence-corrected chi connectivity index (χ1v) is 10.1. The number of benzene rings is 2. The molecular formula is C21H21ClN6O3. The number of aromatic nitrogens is 2. The number of piperazine rings is 1. The molecule has 0 amide bonds. The Morgan fingerprint density at radius 1 is 1.03 bits per heavy atom. The summed E-state index contributed by atoms with van der Waals surface area (Å²) in [4.78, 5) is 23.9. The van der Waals surface area contributed by atoms with Gasteiger partial charge in [-0.1, -0.05) is 23.7 Å². The number of halogens is 1. The van der Waals surface area contributed by atoms with Crippen LogP contribution in [-0.4, -0.2) is 48.2 Å². The molecule has 1 N–H and O–H groups in total. The van der Waals surface area contributed by atoms with Crippen molar-refractivity contribution < 1.29 is 9.66 Å². The third-order valence-corrected chi connectivity index (χ3v) is 5.46. The Balaban J connectivity index is 1.54. The Hall–Kier alpha value is -3.59. The lowest BCUT2D eigenvalue weighted by Gasteiger charge is -2.36. The molecule has 0 bridgehead atoms. The van der Waals surface area contributed by atoms with Crippen LogP contribution in [0, 0.1) is 10.1 Å². The van der Waals surface area contributed by atoms with Gasteiger partial charge < -0.3 is 19.9 Å². The maximum atomic E-state index is 11.9. The van der Waals surface area contributed by atoms with Crippen molar-refractivity contribution in [2.24, 2.45) is 0 Å². The second-order valence-electron chi connectivity index (χ2n) is 6.93. The molecule has 1 saturated heterocycles. The molecule has 1 aliphatic heterocycles. The number of rotatable bonds is 6. The van der Waals surface area contributed by atoms with Gasteiger partial charge in [-0.3, -0.25) is 10.1 Å². The Labute approximate surface area is 184 Å². The fourth-order valence-electron chi connectivity index (χ4n) is 3.52. The highest BCUT2D eigenvalue weighted by atomic mass is 35.5. The Bertz CT molecular complexity index is 1070. The molecule has 0 saturated carbocycles. The Morgan fingerprint density at radius 2 is 1.71 bits per heavy atom. The average Bonchev–Trinajstić information content (AvgIpc) is 2.80. The molecule has 9 nitrogen and oxygen atoms in total. The number of nitro groups is 1. The predicted octanol–water partition coefficient (Wildman–Crippen LogP) is 4.12. The first kappa shape index (κ1) is 20.7. The first-order valence-electron chi connectivity index (χ1n) is 9.71. The number of methoxy groups -OCH3 is 1. The van der Waals surface area contributed by atoms with E-state index in [1.807, 2.05) is 29.2 Å². The fourth-order valence-corrected chi connectivity index (χ4v) is 3.70. The second-order valence-corrected chi connectivity index (χ2v) is 7.34. The summed E-state index contributed by atoms with van der Waals surface area (Å²) in [6.45, 7) is 2.60. The van der Waals surface area contributed by atoms with Gasteiger partial charge in [-0.25, -0.2) is 9.97 Å². The van der Waals surface area contributed by atoms with Crippen LogP contribution in [0.25, 0.3) is 0 Å². The zero-order chi connectivity index (χ0) is 21.8. The van der Waals surface area contributed by atoms with Crippen molar-refractivity contribution in [2.45, 2.75) is 0 Å². The van der Waals surface area contributed by atoms with Crippen molar-refractivity contribution >= 4 is 40.3 Å². The number of ether oxygens (including phenoxy) is 1. The lowest BCUT2D eigenvalue weighted by molar-refractivity contribution is -0.383. The number of nitrogens with zero attached hydrogens (tertiary/aromatic N) is 5. The van der Waals surface area contributed by atoms with Crippen LogP contribution in [0.1, 0.15) is 0 Å². The third-order valence-electron chi connectivity index (χ3n) is 5.13. The summed E-state index contributed by atoms with van der Waals surface area (Å²) in [7, 11) is 1.64. The Kier molecular flexibility index (Phi) is 6.03. The zero-order valence-electron chi connectivity index (χ0n) is 16.9. The number of nitrogens with one attached hydrogen (secondary N) is 1. The monoisotopic (exact) mass is 440 g/mol.